The van der Waals surface area contributed by atoms with Crippen molar-refractivity contribution in [3.05, 3.63) is 33.8 Å². The summed E-state index contributed by atoms with van der Waals surface area (Å²) < 4.78 is 44.1. The predicted molar refractivity (Wildman–Crippen MR) is 80.7 cm³/mol. The Balaban J connectivity index is 2.62. The van der Waals surface area contributed by atoms with Crippen LogP contribution in [0.1, 0.15) is 22.3 Å². The molecule has 118 valence electrons. The van der Waals surface area contributed by atoms with Crippen LogP contribution in [0.2, 0.25) is 0 Å². The number of carbonyl (C=O) groups is 1. The summed E-state index contributed by atoms with van der Waals surface area (Å²) >= 11 is 6.17. The van der Waals surface area contributed by atoms with Gasteiger partial charge in [0, 0.05) is 23.0 Å². The Hall–Kier alpha value is -0.600. The van der Waals surface area contributed by atoms with Crippen LogP contribution < -0.4 is 5.32 Å². The Morgan fingerprint density at radius 2 is 2.00 bits per heavy atom. The fourth-order valence-electron chi connectivity index (χ4n) is 1.58. The van der Waals surface area contributed by atoms with Crippen molar-refractivity contribution in [1.29, 1.82) is 0 Å². The molecule has 0 unspecified atom stereocenters. The number of alkyl halides is 4. The summed E-state index contributed by atoms with van der Waals surface area (Å²) in [5.41, 5.74) is -1.34. The van der Waals surface area contributed by atoms with Crippen LogP contribution in [0.15, 0.2) is 22.7 Å². The van der Waals surface area contributed by atoms with Crippen LogP contribution in [0.4, 0.5) is 13.2 Å². The Morgan fingerprint density at radius 1 is 1.29 bits per heavy atom. The first-order valence-corrected chi connectivity index (χ1v) is 8.06. The first-order chi connectivity index (χ1) is 9.86. The quantitative estimate of drug-likeness (QED) is 0.522. The van der Waals surface area contributed by atoms with Crippen LogP contribution in [0.25, 0.3) is 0 Å². The fraction of sp³-hybridized carbons (Fsp3) is 0.462. The van der Waals surface area contributed by atoms with Gasteiger partial charge in [0.2, 0.25) is 0 Å². The molecule has 0 fully saturated rings. The summed E-state index contributed by atoms with van der Waals surface area (Å²) in [5.74, 6) is -0.740. The third-order valence-corrected chi connectivity index (χ3v) is 3.32. The number of hydrogen-bond donors (Lipinski definition) is 1. The normalized spacial score (nSPS) is 11.5. The summed E-state index contributed by atoms with van der Waals surface area (Å²) in [7, 11) is 0. The van der Waals surface area contributed by atoms with Gasteiger partial charge in [0.05, 0.1) is 17.7 Å². The second-order valence-corrected chi connectivity index (χ2v) is 5.81. The summed E-state index contributed by atoms with van der Waals surface area (Å²) in [5, 5.41) is 3.18. The molecule has 21 heavy (non-hydrogen) atoms. The molecule has 0 aromatic heterocycles. The average Bonchev–Trinajstić information content (AvgIpc) is 2.41. The predicted octanol–water partition coefficient (Wildman–Crippen LogP) is 4.00. The minimum absolute atomic E-state index is 0.258. The second-order valence-electron chi connectivity index (χ2n) is 4.10. The highest BCUT2D eigenvalue weighted by atomic mass is 79.9. The van der Waals surface area contributed by atoms with Crippen LogP contribution in [-0.2, 0) is 10.9 Å². The largest absolute Gasteiger partial charge is 0.417 e. The number of nitrogens with one attached hydrogen (secondary N) is 1. The number of ether oxygens (including phenoxy) is 1. The van der Waals surface area contributed by atoms with Gasteiger partial charge in [-0.25, -0.2) is 0 Å². The van der Waals surface area contributed by atoms with E-state index in [2.05, 4.69) is 37.2 Å². The minimum Gasteiger partial charge on any atom is -0.381 e. The minimum atomic E-state index is -4.57. The summed E-state index contributed by atoms with van der Waals surface area (Å²) in [4.78, 5) is 11.8. The number of rotatable bonds is 7. The zero-order valence-electron chi connectivity index (χ0n) is 11.0. The van der Waals surface area contributed by atoms with E-state index in [0.717, 1.165) is 12.1 Å². The lowest BCUT2D eigenvalue weighted by molar-refractivity contribution is -0.138. The van der Waals surface area contributed by atoms with Crippen molar-refractivity contribution in [3.8, 4) is 0 Å². The third kappa shape index (κ3) is 6.36. The highest BCUT2D eigenvalue weighted by Crippen LogP contribution is 2.33. The maximum absolute atomic E-state index is 12.9. The molecule has 0 atom stereocenters. The molecule has 0 saturated heterocycles. The van der Waals surface area contributed by atoms with E-state index in [9.17, 15) is 18.0 Å². The molecule has 0 spiro atoms. The van der Waals surface area contributed by atoms with Crippen LogP contribution in [0, 0.1) is 0 Å². The van der Waals surface area contributed by atoms with Gasteiger partial charge in [-0.3, -0.25) is 4.79 Å². The molecule has 0 bridgehead atoms. The molecule has 0 radical (unpaired) electrons. The van der Waals surface area contributed by atoms with Crippen molar-refractivity contribution in [2.45, 2.75) is 12.6 Å². The average molecular weight is 433 g/mol. The van der Waals surface area contributed by atoms with Crippen LogP contribution in [-0.4, -0.2) is 31.0 Å². The third-order valence-electron chi connectivity index (χ3n) is 2.50. The maximum Gasteiger partial charge on any atom is 0.417 e. The van der Waals surface area contributed by atoms with E-state index in [0.29, 0.717) is 25.0 Å². The fourth-order valence-corrected chi connectivity index (χ4v) is 2.17. The topological polar surface area (TPSA) is 38.3 Å². The molecule has 1 amide bonds. The zero-order chi connectivity index (χ0) is 15.9. The first kappa shape index (κ1) is 18.4. The van der Waals surface area contributed by atoms with Crippen LogP contribution >= 0.6 is 31.9 Å². The van der Waals surface area contributed by atoms with Crippen molar-refractivity contribution in [3.63, 3.8) is 0 Å². The highest BCUT2D eigenvalue weighted by molar-refractivity contribution is 9.10. The van der Waals surface area contributed by atoms with E-state index >= 15 is 0 Å². The molecule has 8 heteroatoms. The number of hydrogen-bond acceptors (Lipinski definition) is 2. The van der Waals surface area contributed by atoms with E-state index in [4.69, 9.17) is 4.74 Å². The molecule has 0 heterocycles. The lowest BCUT2D eigenvalue weighted by Crippen LogP contribution is -2.27. The van der Waals surface area contributed by atoms with E-state index in [1.54, 1.807) is 0 Å². The maximum atomic E-state index is 12.9. The Kier molecular flexibility index (Phi) is 7.69. The second kappa shape index (κ2) is 8.75. The van der Waals surface area contributed by atoms with Gasteiger partial charge in [-0.15, -0.1) is 0 Å². The van der Waals surface area contributed by atoms with Gasteiger partial charge in [0.15, 0.2) is 0 Å². The van der Waals surface area contributed by atoms with Gasteiger partial charge in [-0.05, 0) is 24.6 Å². The van der Waals surface area contributed by atoms with Gasteiger partial charge in [0.25, 0.3) is 5.91 Å². The SMILES string of the molecule is O=C(NCCCOCCBr)c1ccc(Br)cc1C(F)(F)F. The summed E-state index contributed by atoms with van der Waals surface area (Å²) in [6.45, 7) is 1.26. The van der Waals surface area contributed by atoms with Crippen LogP contribution in [0.3, 0.4) is 0 Å². The highest BCUT2D eigenvalue weighted by Gasteiger charge is 2.35. The Bertz CT molecular complexity index is 481. The number of halogens is 5. The lowest BCUT2D eigenvalue weighted by Gasteiger charge is -2.13. The molecule has 3 nitrogen and oxygen atoms in total. The molecule has 1 aromatic carbocycles. The van der Waals surface area contributed by atoms with Crippen molar-refractivity contribution in [2.75, 3.05) is 25.1 Å². The van der Waals surface area contributed by atoms with Crippen molar-refractivity contribution in [2.24, 2.45) is 0 Å². The van der Waals surface area contributed by atoms with Gasteiger partial charge >= 0.3 is 6.18 Å². The molecule has 1 rings (SSSR count). The van der Waals surface area contributed by atoms with Crippen molar-refractivity contribution < 1.29 is 22.7 Å². The van der Waals surface area contributed by atoms with Crippen LogP contribution in [0.5, 0.6) is 0 Å². The lowest BCUT2D eigenvalue weighted by atomic mass is 10.1. The van der Waals surface area contributed by atoms with E-state index < -0.39 is 17.6 Å². The Morgan fingerprint density at radius 3 is 2.62 bits per heavy atom. The van der Waals surface area contributed by atoms with E-state index in [1.807, 2.05) is 0 Å². The zero-order valence-corrected chi connectivity index (χ0v) is 14.1. The molecule has 0 aliphatic carbocycles. The summed E-state index contributed by atoms with van der Waals surface area (Å²) in [6.07, 6.45) is -4.04. The van der Waals surface area contributed by atoms with Gasteiger partial charge < -0.3 is 10.1 Å². The summed E-state index contributed by atoms with van der Waals surface area (Å²) in [6, 6.07) is 3.46. The van der Waals surface area contributed by atoms with E-state index in [1.165, 1.54) is 6.07 Å². The smallest absolute Gasteiger partial charge is 0.381 e. The standard InChI is InChI=1S/C13H14Br2F3NO2/c14-4-7-21-6-1-5-19-12(20)10-3-2-9(15)8-11(10)13(16,17)18/h2-3,8H,1,4-7H2,(H,19,20). The molecule has 0 aliphatic rings. The first-order valence-electron chi connectivity index (χ1n) is 6.15. The molecule has 0 saturated carbocycles. The van der Waals surface area contributed by atoms with E-state index in [-0.39, 0.29) is 16.6 Å². The molecule has 1 aromatic rings. The molecular weight excluding hydrogens is 419 g/mol. The van der Waals surface area contributed by atoms with Gasteiger partial charge in [0.1, 0.15) is 0 Å². The monoisotopic (exact) mass is 431 g/mol. The Labute approximate surface area is 137 Å². The number of amides is 1. The van der Waals surface area contributed by atoms with Gasteiger partial charge in [-0.2, -0.15) is 13.2 Å². The van der Waals surface area contributed by atoms with Crippen molar-refractivity contribution >= 4 is 37.8 Å². The molecular formula is C13H14Br2F3NO2. The van der Waals surface area contributed by atoms with Crippen molar-refractivity contribution in [1.82, 2.24) is 5.32 Å². The number of carbonyl (C=O) groups excluding carboxylic acids is 1. The molecule has 0 aliphatic heterocycles. The van der Waals surface area contributed by atoms with Gasteiger partial charge in [-0.1, -0.05) is 31.9 Å². The number of benzene rings is 1. The molecule has 1 N–H and O–H groups in total.